The first kappa shape index (κ1) is 16.0. The molecule has 0 saturated carbocycles. The molecule has 2 heterocycles. The number of hydrogen-bond acceptors (Lipinski definition) is 3. The zero-order valence-electron chi connectivity index (χ0n) is 12.1. The Labute approximate surface area is 125 Å². The Morgan fingerprint density at radius 2 is 2.00 bits per heavy atom. The van der Waals surface area contributed by atoms with Crippen molar-refractivity contribution in [2.24, 2.45) is 5.92 Å². The van der Waals surface area contributed by atoms with Crippen LogP contribution in [0.1, 0.15) is 18.3 Å². The summed E-state index contributed by atoms with van der Waals surface area (Å²) in [4.78, 5) is 15.9. The minimum atomic E-state index is -4.49. The van der Waals surface area contributed by atoms with Gasteiger partial charge in [-0.25, -0.2) is 0 Å². The summed E-state index contributed by atoms with van der Waals surface area (Å²) in [5, 5.41) is 6.19. The summed E-state index contributed by atoms with van der Waals surface area (Å²) in [6.07, 6.45) is -1.42. The lowest BCUT2D eigenvalue weighted by Crippen LogP contribution is -2.25. The topological polar surface area (TPSA) is 59.8 Å². The van der Waals surface area contributed by atoms with E-state index >= 15 is 0 Å². The molecular formula is C14H15F3N4O. The molecule has 1 amide bonds. The summed E-state index contributed by atoms with van der Waals surface area (Å²) < 4.78 is 39.0. The summed E-state index contributed by atoms with van der Waals surface area (Å²) in [6, 6.07) is 4.23. The average Bonchev–Trinajstić information content (AvgIpc) is 2.81. The molecule has 1 atom stereocenters. The van der Waals surface area contributed by atoms with Crippen LogP contribution in [0.25, 0.3) is 0 Å². The van der Waals surface area contributed by atoms with Gasteiger partial charge in [-0.1, -0.05) is 6.92 Å². The SMILES string of the molecule is Cc1cc(C(F)(F)F)nn1C[C@H](C)C(=O)Nc1ccncc1. The van der Waals surface area contributed by atoms with E-state index in [9.17, 15) is 18.0 Å². The molecule has 2 rings (SSSR count). The molecule has 0 unspecified atom stereocenters. The molecule has 8 heteroatoms. The Morgan fingerprint density at radius 1 is 1.36 bits per heavy atom. The van der Waals surface area contributed by atoms with Crippen molar-refractivity contribution in [3.8, 4) is 0 Å². The fourth-order valence-corrected chi connectivity index (χ4v) is 1.88. The second-order valence-electron chi connectivity index (χ2n) is 4.98. The zero-order chi connectivity index (χ0) is 16.3. The average molecular weight is 312 g/mol. The molecule has 1 N–H and O–H groups in total. The first-order valence-corrected chi connectivity index (χ1v) is 6.60. The second kappa shape index (κ2) is 6.17. The number of halogens is 3. The molecule has 2 aromatic rings. The van der Waals surface area contributed by atoms with Crippen molar-refractivity contribution in [1.29, 1.82) is 0 Å². The summed E-state index contributed by atoms with van der Waals surface area (Å²) >= 11 is 0. The van der Waals surface area contributed by atoms with E-state index in [4.69, 9.17) is 0 Å². The number of nitrogens with one attached hydrogen (secondary N) is 1. The predicted molar refractivity (Wildman–Crippen MR) is 74.0 cm³/mol. The van der Waals surface area contributed by atoms with Crippen molar-refractivity contribution in [2.45, 2.75) is 26.6 Å². The fourth-order valence-electron chi connectivity index (χ4n) is 1.88. The third kappa shape index (κ3) is 3.84. The number of amides is 1. The Hall–Kier alpha value is -2.38. The summed E-state index contributed by atoms with van der Waals surface area (Å²) in [5.41, 5.74) is -0.0114. The van der Waals surface area contributed by atoms with Crippen LogP contribution in [0.3, 0.4) is 0 Å². The van der Waals surface area contributed by atoms with E-state index in [1.54, 1.807) is 19.1 Å². The van der Waals surface area contributed by atoms with Gasteiger partial charge in [-0.15, -0.1) is 0 Å². The maximum Gasteiger partial charge on any atom is 0.435 e. The lowest BCUT2D eigenvalue weighted by Gasteiger charge is -2.13. The van der Waals surface area contributed by atoms with Crippen LogP contribution in [0.15, 0.2) is 30.6 Å². The highest BCUT2D eigenvalue weighted by Crippen LogP contribution is 2.28. The molecule has 0 aromatic carbocycles. The van der Waals surface area contributed by atoms with Gasteiger partial charge in [0.2, 0.25) is 5.91 Å². The molecule has 0 bridgehead atoms. The Morgan fingerprint density at radius 3 is 2.55 bits per heavy atom. The second-order valence-corrected chi connectivity index (χ2v) is 4.98. The van der Waals surface area contributed by atoms with Crippen LogP contribution in [-0.2, 0) is 17.5 Å². The smallest absolute Gasteiger partial charge is 0.326 e. The third-order valence-corrected chi connectivity index (χ3v) is 3.11. The highest BCUT2D eigenvalue weighted by molar-refractivity contribution is 5.92. The normalized spacial score (nSPS) is 13.0. The van der Waals surface area contributed by atoms with E-state index in [0.29, 0.717) is 11.4 Å². The number of alkyl halides is 3. The van der Waals surface area contributed by atoms with Crippen molar-refractivity contribution in [3.63, 3.8) is 0 Å². The van der Waals surface area contributed by atoms with Crippen LogP contribution >= 0.6 is 0 Å². The standard InChI is InChI=1S/C14H15F3N4O/c1-9(13(22)19-11-3-5-18-6-4-11)8-21-10(2)7-12(20-21)14(15,16)17/h3-7,9H,8H2,1-2H3,(H,18,19,22)/t9-/m0/s1. The van der Waals surface area contributed by atoms with Crippen LogP contribution < -0.4 is 5.32 Å². The minimum absolute atomic E-state index is 0.0683. The number of rotatable bonds is 4. The van der Waals surface area contributed by atoms with Gasteiger partial charge in [0.25, 0.3) is 0 Å². The van der Waals surface area contributed by atoms with Gasteiger partial charge >= 0.3 is 6.18 Å². The van der Waals surface area contributed by atoms with E-state index in [-0.39, 0.29) is 12.5 Å². The van der Waals surface area contributed by atoms with E-state index in [2.05, 4.69) is 15.4 Å². The molecule has 22 heavy (non-hydrogen) atoms. The summed E-state index contributed by atoms with van der Waals surface area (Å²) in [5.74, 6) is -0.831. The predicted octanol–water partition coefficient (Wildman–Crippen LogP) is 2.88. The molecule has 0 spiro atoms. The zero-order valence-corrected chi connectivity index (χ0v) is 12.1. The van der Waals surface area contributed by atoms with Crippen LogP contribution in [-0.4, -0.2) is 20.7 Å². The van der Waals surface area contributed by atoms with Crippen LogP contribution in [0.4, 0.5) is 18.9 Å². The van der Waals surface area contributed by atoms with Gasteiger partial charge in [0.15, 0.2) is 5.69 Å². The van der Waals surface area contributed by atoms with Crippen molar-refractivity contribution >= 4 is 11.6 Å². The monoisotopic (exact) mass is 312 g/mol. The van der Waals surface area contributed by atoms with Gasteiger partial charge in [0.1, 0.15) is 0 Å². The number of carbonyl (C=O) groups is 1. The minimum Gasteiger partial charge on any atom is -0.326 e. The Bertz CT molecular complexity index is 652. The fraction of sp³-hybridized carbons (Fsp3) is 0.357. The van der Waals surface area contributed by atoms with Gasteiger partial charge in [0.05, 0.1) is 12.5 Å². The summed E-state index contributed by atoms with van der Waals surface area (Å²) in [6.45, 7) is 3.22. The largest absolute Gasteiger partial charge is 0.435 e. The van der Waals surface area contributed by atoms with E-state index in [0.717, 1.165) is 6.07 Å². The molecule has 0 fully saturated rings. The van der Waals surface area contributed by atoms with Crippen molar-refractivity contribution in [3.05, 3.63) is 42.0 Å². The van der Waals surface area contributed by atoms with Crippen LogP contribution in [0, 0.1) is 12.8 Å². The van der Waals surface area contributed by atoms with Crippen molar-refractivity contribution < 1.29 is 18.0 Å². The van der Waals surface area contributed by atoms with E-state index < -0.39 is 17.8 Å². The number of anilines is 1. The number of pyridine rings is 1. The molecular weight excluding hydrogens is 297 g/mol. The number of aryl methyl sites for hydroxylation is 1. The number of aromatic nitrogens is 3. The van der Waals surface area contributed by atoms with Gasteiger partial charge in [0, 0.05) is 23.8 Å². The van der Waals surface area contributed by atoms with E-state index in [1.165, 1.54) is 24.0 Å². The van der Waals surface area contributed by atoms with Gasteiger partial charge < -0.3 is 5.32 Å². The maximum atomic E-state index is 12.6. The maximum absolute atomic E-state index is 12.6. The molecule has 0 aliphatic carbocycles. The lowest BCUT2D eigenvalue weighted by atomic mass is 10.1. The quantitative estimate of drug-likeness (QED) is 0.944. The molecule has 0 aliphatic rings. The molecule has 5 nitrogen and oxygen atoms in total. The van der Waals surface area contributed by atoms with Gasteiger partial charge in [-0.3, -0.25) is 14.5 Å². The van der Waals surface area contributed by atoms with Crippen molar-refractivity contribution in [2.75, 3.05) is 5.32 Å². The Balaban J connectivity index is 2.04. The van der Waals surface area contributed by atoms with E-state index in [1.807, 2.05) is 0 Å². The van der Waals surface area contributed by atoms with Gasteiger partial charge in [-0.05, 0) is 25.1 Å². The lowest BCUT2D eigenvalue weighted by molar-refractivity contribution is -0.141. The highest BCUT2D eigenvalue weighted by atomic mass is 19.4. The molecule has 0 saturated heterocycles. The van der Waals surface area contributed by atoms with Gasteiger partial charge in [-0.2, -0.15) is 18.3 Å². The highest BCUT2D eigenvalue weighted by Gasteiger charge is 2.34. The number of hydrogen-bond donors (Lipinski definition) is 1. The first-order valence-electron chi connectivity index (χ1n) is 6.60. The molecule has 2 aromatic heterocycles. The number of nitrogens with zero attached hydrogens (tertiary/aromatic N) is 3. The molecule has 0 radical (unpaired) electrons. The molecule has 0 aliphatic heterocycles. The summed E-state index contributed by atoms with van der Waals surface area (Å²) in [7, 11) is 0. The van der Waals surface area contributed by atoms with Crippen LogP contribution in [0.5, 0.6) is 0 Å². The molecule has 118 valence electrons. The third-order valence-electron chi connectivity index (χ3n) is 3.11. The van der Waals surface area contributed by atoms with Crippen molar-refractivity contribution in [1.82, 2.24) is 14.8 Å². The Kier molecular flexibility index (Phi) is 4.48. The first-order chi connectivity index (χ1) is 10.3. The van der Waals surface area contributed by atoms with Crippen LogP contribution in [0.2, 0.25) is 0 Å². The number of carbonyl (C=O) groups excluding carboxylic acids is 1.